The van der Waals surface area contributed by atoms with Gasteiger partial charge >= 0.3 is 0 Å². The monoisotopic (exact) mass is 276 g/mol. The van der Waals surface area contributed by atoms with Gasteiger partial charge in [-0.2, -0.15) is 0 Å². The molecule has 1 fully saturated rings. The molecule has 2 unspecified atom stereocenters. The summed E-state index contributed by atoms with van der Waals surface area (Å²) < 4.78 is 23.2. The van der Waals surface area contributed by atoms with Gasteiger partial charge in [0.1, 0.15) is 0 Å². The van der Waals surface area contributed by atoms with Gasteiger partial charge in [-0.05, 0) is 26.2 Å². The molecule has 18 heavy (non-hydrogen) atoms. The standard InChI is InChI=1S/C12H24N2O3S/c1-3-4-7-13-12(15)10(2)14-9-11-6-5-8-18(11,16)17/h10-11,14H,3-9H2,1-2H3,(H,13,15). The van der Waals surface area contributed by atoms with Gasteiger partial charge in [0.25, 0.3) is 0 Å². The van der Waals surface area contributed by atoms with Crippen LogP contribution in [-0.2, 0) is 14.6 Å². The summed E-state index contributed by atoms with van der Waals surface area (Å²) in [5.41, 5.74) is 0. The Bertz CT molecular complexity index is 368. The molecule has 5 nitrogen and oxygen atoms in total. The lowest BCUT2D eigenvalue weighted by atomic mass is 10.2. The topological polar surface area (TPSA) is 75.3 Å². The Hall–Kier alpha value is -0.620. The fraction of sp³-hybridized carbons (Fsp3) is 0.917. The maximum Gasteiger partial charge on any atom is 0.236 e. The van der Waals surface area contributed by atoms with Gasteiger partial charge in [-0.1, -0.05) is 13.3 Å². The van der Waals surface area contributed by atoms with Crippen molar-refractivity contribution >= 4 is 15.7 Å². The third-order valence-corrected chi connectivity index (χ3v) is 5.61. The van der Waals surface area contributed by atoms with E-state index in [1.54, 1.807) is 6.92 Å². The van der Waals surface area contributed by atoms with Crippen LogP contribution in [0.15, 0.2) is 0 Å². The molecule has 1 heterocycles. The molecule has 0 saturated carbocycles. The summed E-state index contributed by atoms with van der Waals surface area (Å²) in [4.78, 5) is 11.7. The van der Waals surface area contributed by atoms with E-state index in [9.17, 15) is 13.2 Å². The average molecular weight is 276 g/mol. The third kappa shape index (κ3) is 4.57. The van der Waals surface area contributed by atoms with Gasteiger partial charge in [0.15, 0.2) is 9.84 Å². The van der Waals surface area contributed by atoms with E-state index in [4.69, 9.17) is 0 Å². The van der Waals surface area contributed by atoms with Crippen LogP contribution in [0, 0.1) is 0 Å². The summed E-state index contributed by atoms with van der Waals surface area (Å²) >= 11 is 0. The van der Waals surface area contributed by atoms with Crippen LogP contribution in [0.4, 0.5) is 0 Å². The Morgan fingerprint density at radius 3 is 2.72 bits per heavy atom. The number of rotatable bonds is 7. The van der Waals surface area contributed by atoms with E-state index in [1.165, 1.54) is 0 Å². The lowest BCUT2D eigenvalue weighted by Crippen LogP contribution is -2.45. The molecule has 1 rings (SSSR count). The molecule has 0 aliphatic carbocycles. The molecule has 106 valence electrons. The Balaban J connectivity index is 2.28. The highest BCUT2D eigenvalue weighted by molar-refractivity contribution is 7.92. The predicted molar refractivity (Wildman–Crippen MR) is 72.2 cm³/mol. The summed E-state index contributed by atoms with van der Waals surface area (Å²) in [5.74, 6) is 0.231. The minimum atomic E-state index is -2.92. The molecular formula is C12H24N2O3S. The first-order valence-electron chi connectivity index (χ1n) is 6.70. The quantitative estimate of drug-likeness (QED) is 0.662. The van der Waals surface area contributed by atoms with Crippen LogP contribution in [-0.4, -0.2) is 44.5 Å². The SMILES string of the molecule is CCCCNC(=O)C(C)NCC1CCCS1(=O)=O. The van der Waals surface area contributed by atoms with Crippen molar-refractivity contribution in [1.82, 2.24) is 10.6 Å². The minimum absolute atomic E-state index is 0.0566. The van der Waals surface area contributed by atoms with Crippen LogP contribution in [0.5, 0.6) is 0 Å². The maximum atomic E-state index is 11.7. The van der Waals surface area contributed by atoms with E-state index in [0.29, 0.717) is 19.5 Å². The van der Waals surface area contributed by atoms with Crippen molar-refractivity contribution in [2.45, 2.75) is 50.8 Å². The fourth-order valence-corrected chi connectivity index (χ4v) is 3.81. The number of unbranched alkanes of at least 4 members (excludes halogenated alkanes) is 1. The lowest BCUT2D eigenvalue weighted by Gasteiger charge is -2.16. The zero-order valence-corrected chi connectivity index (χ0v) is 12.1. The van der Waals surface area contributed by atoms with Crippen molar-refractivity contribution < 1.29 is 13.2 Å². The molecule has 1 amide bonds. The highest BCUT2D eigenvalue weighted by atomic mass is 32.2. The molecular weight excluding hydrogens is 252 g/mol. The summed E-state index contributed by atoms with van der Waals surface area (Å²) in [6.07, 6.45) is 3.46. The van der Waals surface area contributed by atoms with Crippen molar-refractivity contribution in [3.8, 4) is 0 Å². The van der Waals surface area contributed by atoms with E-state index in [0.717, 1.165) is 19.3 Å². The minimum Gasteiger partial charge on any atom is -0.355 e. The normalized spacial score (nSPS) is 23.8. The van der Waals surface area contributed by atoms with Crippen LogP contribution in [0.25, 0.3) is 0 Å². The second-order valence-corrected chi connectivity index (χ2v) is 7.31. The molecule has 0 radical (unpaired) electrons. The van der Waals surface area contributed by atoms with Crippen LogP contribution >= 0.6 is 0 Å². The Morgan fingerprint density at radius 2 is 2.17 bits per heavy atom. The number of sulfone groups is 1. The smallest absolute Gasteiger partial charge is 0.236 e. The number of nitrogens with one attached hydrogen (secondary N) is 2. The third-order valence-electron chi connectivity index (χ3n) is 3.34. The summed E-state index contributed by atoms with van der Waals surface area (Å²) in [5, 5.41) is 5.53. The van der Waals surface area contributed by atoms with Gasteiger partial charge in [-0.15, -0.1) is 0 Å². The second kappa shape index (κ2) is 7.09. The Morgan fingerprint density at radius 1 is 1.44 bits per heavy atom. The average Bonchev–Trinajstić information content (AvgIpc) is 2.65. The number of carbonyl (C=O) groups is 1. The zero-order valence-electron chi connectivity index (χ0n) is 11.2. The van der Waals surface area contributed by atoms with Crippen LogP contribution in [0.3, 0.4) is 0 Å². The zero-order chi connectivity index (χ0) is 13.6. The first kappa shape index (κ1) is 15.4. The van der Waals surface area contributed by atoms with Gasteiger partial charge in [0, 0.05) is 13.1 Å². The first-order chi connectivity index (χ1) is 8.47. The number of carbonyl (C=O) groups excluding carboxylic acids is 1. The Kier molecular flexibility index (Phi) is 6.08. The van der Waals surface area contributed by atoms with Crippen LogP contribution < -0.4 is 10.6 Å². The van der Waals surface area contributed by atoms with Crippen molar-refractivity contribution in [1.29, 1.82) is 0 Å². The lowest BCUT2D eigenvalue weighted by molar-refractivity contribution is -0.122. The molecule has 1 aliphatic heterocycles. The van der Waals surface area contributed by atoms with Crippen LogP contribution in [0.2, 0.25) is 0 Å². The molecule has 2 N–H and O–H groups in total. The molecule has 0 bridgehead atoms. The molecule has 1 aliphatic rings. The van der Waals surface area contributed by atoms with Crippen molar-refractivity contribution in [2.75, 3.05) is 18.8 Å². The van der Waals surface area contributed by atoms with E-state index >= 15 is 0 Å². The van der Waals surface area contributed by atoms with Gasteiger partial charge in [0.2, 0.25) is 5.91 Å². The van der Waals surface area contributed by atoms with Gasteiger partial charge in [0.05, 0.1) is 17.0 Å². The summed E-state index contributed by atoms with van der Waals surface area (Å²) in [6.45, 7) is 4.90. The Labute approximate surface area is 110 Å². The maximum absolute atomic E-state index is 11.7. The van der Waals surface area contributed by atoms with E-state index in [2.05, 4.69) is 17.6 Å². The summed E-state index contributed by atoms with van der Waals surface area (Å²) in [7, 11) is -2.92. The number of amides is 1. The van der Waals surface area contributed by atoms with Crippen molar-refractivity contribution in [3.63, 3.8) is 0 Å². The van der Waals surface area contributed by atoms with Crippen molar-refractivity contribution in [3.05, 3.63) is 0 Å². The van der Waals surface area contributed by atoms with E-state index in [1.807, 2.05) is 0 Å². The molecule has 1 saturated heterocycles. The van der Waals surface area contributed by atoms with Crippen LogP contribution in [0.1, 0.15) is 39.5 Å². The van der Waals surface area contributed by atoms with E-state index < -0.39 is 9.84 Å². The van der Waals surface area contributed by atoms with E-state index in [-0.39, 0.29) is 23.0 Å². The largest absolute Gasteiger partial charge is 0.355 e. The van der Waals surface area contributed by atoms with Gasteiger partial charge < -0.3 is 10.6 Å². The van der Waals surface area contributed by atoms with Gasteiger partial charge in [-0.3, -0.25) is 4.79 Å². The molecule has 6 heteroatoms. The summed E-state index contributed by atoms with van der Waals surface area (Å²) in [6, 6.07) is -0.336. The highest BCUT2D eigenvalue weighted by Crippen LogP contribution is 2.19. The fourth-order valence-electron chi connectivity index (χ4n) is 2.03. The van der Waals surface area contributed by atoms with Crippen molar-refractivity contribution in [2.24, 2.45) is 0 Å². The number of hydrogen-bond donors (Lipinski definition) is 2. The molecule has 2 atom stereocenters. The van der Waals surface area contributed by atoms with Gasteiger partial charge in [-0.25, -0.2) is 8.42 Å². The first-order valence-corrected chi connectivity index (χ1v) is 8.41. The molecule has 0 aromatic carbocycles. The molecule has 0 aromatic heterocycles. The predicted octanol–water partition coefficient (Wildman–Crippen LogP) is 0.458. The molecule has 0 spiro atoms. The number of hydrogen-bond acceptors (Lipinski definition) is 4. The molecule has 0 aromatic rings. The highest BCUT2D eigenvalue weighted by Gasteiger charge is 2.31. The second-order valence-electron chi connectivity index (χ2n) is 4.91.